The van der Waals surface area contributed by atoms with E-state index in [2.05, 4.69) is 10.4 Å². The van der Waals surface area contributed by atoms with Gasteiger partial charge in [-0.25, -0.2) is 19.6 Å². The molecule has 0 bridgehead atoms. The summed E-state index contributed by atoms with van der Waals surface area (Å²) >= 11 is 0. The van der Waals surface area contributed by atoms with Crippen LogP contribution in [0, 0.1) is 11.6 Å². The molecule has 0 radical (unpaired) electrons. The van der Waals surface area contributed by atoms with Crippen LogP contribution in [0.2, 0.25) is 0 Å². The van der Waals surface area contributed by atoms with Crippen molar-refractivity contribution in [3.8, 4) is 5.75 Å². The highest BCUT2D eigenvalue weighted by Gasteiger charge is 2.05. The minimum atomic E-state index is -0.687. The molecule has 1 aromatic carbocycles. The van der Waals surface area contributed by atoms with Gasteiger partial charge in [-0.05, 0) is 6.07 Å². The first kappa shape index (κ1) is 12.3. The number of aromatic nitrogens is 1. The molecular formula is C12H11F2N3O. The highest BCUT2D eigenvalue weighted by atomic mass is 19.1. The van der Waals surface area contributed by atoms with Crippen LogP contribution in [0.3, 0.4) is 0 Å². The molecule has 2 aromatic rings. The molecule has 0 aliphatic carbocycles. The highest BCUT2D eigenvalue weighted by molar-refractivity contribution is 5.42. The van der Waals surface area contributed by atoms with Crippen molar-refractivity contribution in [3.63, 3.8) is 0 Å². The lowest BCUT2D eigenvalue weighted by atomic mass is 10.2. The lowest BCUT2D eigenvalue weighted by Crippen LogP contribution is -2.12. The molecule has 0 saturated heterocycles. The molecule has 3 N–H and O–H groups in total. The van der Waals surface area contributed by atoms with Crippen molar-refractivity contribution in [2.45, 2.75) is 6.61 Å². The number of ether oxygens (including phenoxy) is 1. The van der Waals surface area contributed by atoms with Crippen LogP contribution in [0.15, 0.2) is 36.5 Å². The summed E-state index contributed by atoms with van der Waals surface area (Å²) in [5.74, 6) is 4.47. The van der Waals surface area contributed by atoms with Crippen molar-refractivity contribution in [3.05, 3.63) is 53.7 Å². The van der Waals surface area contributed by atoms with Crippen molar-refractivity contribution in [1.82, 2.24) is 4.98 Å². The van der Waals surface area contributed by atoms with Gasteiger partial charge in [-0.2, -0.15) is 0 Å². The summed E-state index contributed by atoms with van der Waals surface area (Å²) in [6.45, 7) is 0.107. The number of hydrogen-bond acceptors (Lipinski definition) is 4. The van der Waals surface area contributed by atoms with Gasteiger partial charge in [0.2, 0.25) is 0 Å². The molecule has 4 nitrogen and oxygen atoms in total. The summed E-state index contributed by atoms with van der Waals surface area (Å²) in [6.07, 6.45) is 1.57. The Hall–Kier alpha value is -2.21. The number of halogens is 2. The van der Waals surface area contributed by atoms with Crippen molar-refractivity contribution < 1.29 is 13.5 Å². The fourth-order valence-electron chi connectivity index (χ4n) is 1.46. The molecule has 0 saturated carbocycles. The molecule has 0 atom stereocenters. The fourth-order valence-corrected chi connectivity index (χ4v) is 1.46. The topological polar surface area (TPSA) is 60.2 Å². The number of nitrogens with one attached hydrogen (secondary N) is 1. The number of benzene rings is 1. The zero-order valence-electron chi connectivity index (χ0n) is 9.36. The molecule has 0 spiro atoms. The normalized spacial score (nSPS) is 10.2. The van der Waals surface area contributed by atoms with E-state index in [1.807, 2.05) is 0 Å². The van der Waals surface area contributed by atoms with Crippen LogP contribution in [0.1, 0.15) is 5.56 Å². The van der Waals surface area contributed by atoms with Crippen LogP contribution in [0.25, 0.3) is 0 Å². The SMILES string of the molecule is NNc1ncccc1COc1cc(F)cc(F)c1. The number of rotatable bonds is 4. The van der Waals surface area contributed by atoms with E-state index in [-0.39, 0.29) is 12.4 Å². The van der Waals surface area contributed by atoms with Crippen molar-refractivity contribution in [1.29, 1.82) is 0 Å². The molecule has 0 aliphatic rings. The second-order valence-corrected chi connectivity index (χ2v) is 3.55. The molecule has 1 heterocycles. The average Bonchev–Trinajstić information content (AvgIpc) is 2.35. The second-order valence-electron chi connectivity index (χ2n) is 3.55. The average molecular weight is 251 g/mol. The summed E-state index contributed by atoms with van der Waals surface area (Å²) in [4.78, 5) is 3.98. The Kier molecular flexibility index (Phi) is 3.69. The molecular weight excluding hydrogens is 240 g/mol. The zero-order chi connectivity index (χ0) is 13.0. The number of nitrogens with zero attached hydrogens (tertiary/aromatic N) is 1. The van der Waals surface area contributed by atoms with E-state index in [1.165, 1.54) is 0 Å². The first-order valence-corrected chi connectivity index (χ1v) is 5.18. The van der Waals surface area contributed by atoms with E-state index in [0.717, 1.165) is 18.2 Å². The van der Waals surface area contributed by atoms with Gasteiger partial charge in [0.1, 0.15) is 29.8 Å². The summed E-state index contributed by atoms with van der Waals surface area (Å²) in [6, 6.07) is 6.46. The fraction of sp³-hybridized carbons (Fsp3) is 0.0833. The van der Waals surface area contributed by atoms with Gasteiger partial charge in [-0.1, -0.05) is 6.07 Å². The molecule has 0 aliphatic heterocycles. The van der Waals surface area contributed by atoms with Crippen LogP contribution in [-0.4, -0.2) is 4.98 Å². The second kappa shape index (κ2) is 5.42. The summed E-state index contributed by atoms with van der Waals surface area (Å²) in [5, 5.41) is 0. The van der Waals surface area contributed by atoms with Gasteiger partial charge in [-0.3, -0.25) is 0 Å². The number of pyridine rings is 1. The Morgan fingerprint density at radius 2 is 1.94 bits per heavy atom. The van der Waals surface area contributed by atoms with E-state index in [1.54, 1.807) is 18.3 Å². The third-order valence-electron chi connectivity index (χ3n) is 2.26. The Labute approximate surface area is 102 Å². The summed E-state index contributed by atoms with van der Waals surface area (Å²) in [5.41, 5.74) is 3.10. The number of hydrogen-bond donors (Lipinski definition) is 2. The van der Waals surface area contributed by atoms with E-state index < -0.39 is 11.6 Å². The van der Waals surface area contributed by atoms with E-state index in [4.69, 9.17) is 10.6 Å². The van der Waals surface area contributed by atoms with E-state index >= 15 is 0 Å². The maximum absolute atomic E-state index is 12.9. The van der Waals surface area contributed by atoms with Gasteiger partial charge in [0, 0.05) is 30.0 Å². The largest absolute Gasteiger partial charge is 0.489 e. The van der Waals surface area contributed by atoms with Crippen molar-refractivity contribution >= 4 is 5.82 Å². The van der Waals surface area contributed by atoms with Crippen molar-refractivity contribution in [2.24, 2.45) is 5.84 Å². The van der Waals surface area contributed by atoms with Gasteiger partial charge in [0.25, 0.3) is 0 Å². The maximum atomic E-state index is 12.9. The molecule has 0 unspecified atom stereocenters. The predicted molar refractivity (Wildman–Crippen MR) is 62.7 cm³/mol. The smallest absolute Gasteiger partial charge is 0.146 e. The van der Waals surface area contributed by atoms with Gasteiger partial charge in [-0.15, -0.1) is 0 Å². The Bertz CT molecular complexity index is 528. The molecule has 1 aromatic heterocycles. The number of nitrogen functional groups attached to an aromatic ring is 1. The molecule has 94 valence electrons. The first-order chi connectivity index (χ1) is 8.69. The number of anilines is 1. The van der Waals surface area contributed by atoms with Crippen LogP contribution in [0.4, 0.5) is 14.6 Å². The predicted octanol–water partition coefficient (Wildman–Crippen LogP) is 2.22. The Balaban J connectivity index is 2.11. The lowest BCUT2D eigenvalue weighted by molar-refractivity contribution is 0.303. The third kappa shape index (κ3) is 2.92. The number of nitrogens with two attached hydrogens (primary N) is 1. The maximum Gasteiger partial charge on any atom is 0.146 e. The van der Waals surface area contributed by atoms with Gasteiger partial charge in [0.05, 0.1) is 0 Å². The van der Waals surface area contributed by atoms with Gasteiger partial charge in [0.15, 0.2) is 0 Å². The Morgan fingerprint density at radius 1 is 1.22 bits per heavy atom. The van der Waals surface area contributed by atoms with Crippen molar-refractivity contribution in [2.75, 3.05) is 5.43 Å². The van der Waals surface area contributed by atoms with Crippen LogP contribution in [-0.2, 0) is 6.61 Å². The van der Waals surface area contributed by atoms with Crippen LogP contribution in [0.5, 0.6) is 5.75 Å². The zero-order valence-corrected chi connectivity index (χ0v) is 9.36. The number of hydrazine groups is 1. The van der Waals surface area contributed by atoms with E-state index in [0.29, 0.717) is 11.4 Å². The summed E-state index contributed by atoms with van der Waals surface area (Å²) < 4.78 is 31.1. The third-order valence-corrected chi connectivity index (χ3v) is 2.26. The minimum absolute atomic E-state index is 0.107. The lowest BCUT2D eigenvalue weighted by Gasteiger charge is -2.09. The monoisotopic (exact) mass is 251 g/mol. The van der Waals surface area contributed by atoms with Gasteiger partial charge < -0.3 is 10.2 Å². The van der Waals surface area contributed by atoms with Crippen LogP contribution >= 0.6 is 0 Å². The summed E-state index contributed by atoms with van der Waals surface area (Å²) in [7, 11) is 0. The Morgan fingerprint density at radius 3 is 2.61 bits per heavy atom. The molecule has 0 amide bonds. The van der Waals surface area contributed by atoms with Crippen LogP contribution < -0.4 is 16.0 Å². The first-order valence-electron chi connectivity index (χ1n) is 5.18. The van der Waals surface area contributed by atoms with E-state index in [9.17, 15) is 8.78 Å². The molecule has 18 heavy (non-hydrogen) atoms. The highest BCUT2D eigenvalue weighted by Crippen LogP contribution is 2.18. The molecule has 0 fully saturated rings. The molecule has 6 heteroatoms. The van der Waals surface area contributed by atoms with Gasteiger partial charge >= 0.3 is 0 Å². The standard InChI is InChI=1S/C12H11F2N3O/c13-9-4-10(14)6-11(5-9)18-7-8-2-1-3-16-12(8)17-15/h1-6H,7,15H2,(H,16,17). The minimum Gasteiger partial charge on any atom is -0.489 e. The molecule has 2 rings (SSSR count). The quantitative estimate of drug-likeness (QED) is 0.646.